The van der Waals surface area contributed by atoms with Crippen LogP contribution in [0.15, 0.2) is 23.0 Å². The lowest BCUT2D eigenvalue weighted by molar-refractivity contribution is -0.142. The smallest absolute Gasteiger partial charge is 0.326 e. The predicted molar refractivity (Wildman–Crippen MR) is 91.9 cm³/mol. The van der Waals surface area contributed by atoms with E-state index in [1.807, 2.05) is 20.1 Å². The molecule has 1 amide bonds. The molecule has 2 N–H and O–H groups in total. The average Bonchev–Trinajstić information content (AvgIpc) is 2.46. The van der Waals surface area contributed by atoms with Gasteiger partial charge in [-0.05, 0) is 37.3 Å². The topological polar surface area (TPSA) is 88.4 Å². The van der Waals surface area contributed by atoms with Gasteiger partial charge in [-0.15, -0.1) is 0 Å². The molecule has 1 aromatic rings. The van der Waals surface area contributed by atoms with Gasteiger partial charge in [-0.3, -0.25) is 9.59 Å². The molecule has 0 aliphatic carbocycles. The molecule has 2 atom stereocenters. The first kappa shape index (κ1) is 19.3. The van der Waals surface area contributed by atoms with Gasteiger partial charge in [-0.1, -0.05) is 19.9 Å². The summed E-state index contributed by atoms with van der Waals surface area (Å²) in [4.78, 5) is 36.1. The van der Waals surface area contributed by atoms with Crippen molar-refractivity contribution in [3.05, 3.63) is 34.2 Å². The molecule has 0 aliphatic rings. The van der Waals surface area contributed by atoms with Gasteiger partial charge in [0.1, 0.15) is 12.1 Å². The second kappa shape index (κ2) is 8.76. The number of carboxylic acid groups (broad SMARTS) is 1. The Labute approximate surface area is 140 Å². The normalized spacial score (nSPS) is 13.6. The maximum absolute atomic E-state index is 12.6. The van der Waals surface area contributed by atoms with Gasteiger partial charge in [-0.25, -0.2) is 4.79 Å². The molecule has 1 rings (SSSR count). The summed E-state index contributed by atoms with van der Waals surface area (Å²) in [6.45, 7) is 5.42. The molecule has 0 aromatic carbocycles. The number of aryl methyl sites for hydroxylation is 1. The number of carbonyl (C=O) groups is 2. The van der Waals surface area contributed by atoms with Crippen molar-refractivity contribution >= 4 is 23.6 Å². The number of rotatable bonds is 8. The van der Waals surface area contributed by atoms with Crippen LogP contribution in [0.3, 0.4) is 0 Å². The Kier molecular flexibility index (Phi) is 7.35. The predicted octanol–water partition coefficient (Wildman–Crippen LogP) is 1.68. The minimum atomic E-state index is -1.06. The SMILES string of the molecule is CSCCC(NC(=O)C(C(C)C)n1c(C)cccc1=O)C(=O)O. The lowest BCUT2D eigenvalue weighted by Gasteiger charge is -2.26. The molecular weight excluding hydrogens is 316 g/mol. The van der Waals surface area contributed by atoms with Crippen molar-refractivity contribution in [3.63, 3.8) is 0 Å². The first-order valence-corrected chi connectivity index (χ1v) is 8.89. The zero-order valence-corrected chi connectivity index (χ0v) is 14.7. The van der Waals surface area contributed by atoms with Crippen LogP contribution in [-0.4, -0.2) is 39.6 Å². The molecule has 0 aliphatic heterocycles. The maximum Gasteiger partial charge on any atom is 0.326 e. The van der Waals surface area contributed by atoms with E-state index in [4.69, 9.17) is 0 Å². The van der Waals surface area contributed by atoms with Gasteiger partial charge in [0.05, 0.1) is 0 Å². The summed E-state index contributed by atoms with van der Waals surface area (Å²) < 4.78 is 1.42. The summed E-state index contributed by atoms with van der Waals surface area (Å²) in [5.41, 5.74) is 0.400. The summed E-state index contributed by atoms with van der Waals surface area (Å²) in [6, 6.07) is 3.11. The fraction of sp³-hybridized carbons (Fsp3) is 0.562. The molecule has 23 heavy (non-hydrogen) atoms. The van der Waals surface area contributed by atoms with Crippen molar-refractivity contribution in [3.8, 4) is 0 Å². The van der Waals surface area contributed by atoms with Crippen molar-refractivity contribution in [2.75, 3.05) is 12.0 Å². The summed E-state index contributed by atoms with van der Waals surface area (Å²) in [7, 11) is 0. The minimum absolute atomic E-state index is 0.149. The monoisotopic (exact) mass is 340 g/mol. The number of carboxylic acids is 1. The molecule has 0 bridgehead atoms. The van der Waals surface area contributed by atoms with Crippen LogP contribution in [0.2, 0.25) is 0 Å². The second-order valence-electron chi connectivity index (χ2n) is 5.75. The highest BCUT2D eigenvalue weighted by atomic mass is 32.2. The molecule has 0 radical (unpaired) electrons. The average molecular weight is 340 g/mol. The second-order valence-corrected chi connectivity index (χ2v) is 6.73. The van der Waals surface area contributed by atoms with Gasteiger partial charge < -0.3 is 15.0 Å². The maximum atomic E-state index is 12.6. The Morgan fingerprint density at radius 2 is 2.00 bits per heavy atom. The van der Waals surface area contributed by atoms with Crippen molar-refractivity contribution in [1.82, 2.24) is 9.88 Å². The molecule has 0 spiro atoms. The van der Waals surface area contributed by atoms with Gasteiger partial charge in [0.15, 0.2) is 0 Å². The van der Waals surface area contributed by atoms with Crippen molar-refractivity contribution in [2.45, 2.75) is 39.3 Å². The first-order valence-electron chi connectivity index (χ1n) is 7.49. The molecule has 2 unspecified atom stereocenters. The highest BCUT2D eigenvalue weighted by molar-refractivity contribution is 7.98. The number of amides is 1. The van der Waals surface area contributed by atoms with Gasteiger partial charge in [0.2, 0.25) is 5.91 Å². The quantitative estimate of drug-likeness (QED) is 0.751. The Morgan fingerprint density at radius 3 is 2.48 bits per heavy atom. The van der Waals surface area contributed by atoms with Crippen molar-refractivity contribution < 1.29 is 14.7 Å². The van der Waals surface area contributed by atoms with Gasteiger partial charge in [-0.2, -0.15) is 11.8 Å². The summed E-state index contributed by atoms with van der Waals surface area (Å²) in [6.07, 6.45) is 2.22. The fourth-order valence-corrected chi connectivity index (χ4v) is 2.90. The number of hydrogen-bond acceptors (Lipinski definition) is 4. The third-order valence-corrected chi connectivity index (χ3v) is 4.24. The van der Waals surface area contributed by atoms with Crippen molar-refractivity contribution in [1.29, 1.82) is 0 Å². The third-order valence-electron chi connectivity index (χ3n) is 3.60. The van der Waals surface area contributed by atoms with Gasteiger partial charge in [0, 0.05) is 11.8 Å². The lowest BCUT2D eigenvalue weighted by atomic mass is 10.0. The number of pyridine rings is 1. The van der Waals surface area contributed by atoms with E-state index in [0.717, 1.165) is 0 Å². The largest absolute Gasteiger partial charge is 0.480 e. The Bertz CT molecular complexity index is 612. The summed E-state index contributed by atoms with van der Waals surface area (Å²) >= 11 is 1.52. The molecule has 128 valence electrons. The molecule has 0 fully saturated rings. The van der Waals surface area contributed by atoms with Crippen LogP contribution >= 0.6 is 11.8 Å². The third kappa shape index (κ3) is 5.13. The Morgan fingerprint density at radius 1 is 1.35 bits per heavy atom. The van der Waals surface area contributed by atoms with Crippen LogP contribution in [0.25, 0.3) is 0 Å². The molecule has 6 nitrogen and oxygen atoms in total. The molecule has 7 heteroatoms. The number of thioether (sulfide) groups is 1. The van der Waals surface area contributed by atoms with Gasteiger partial charge in [0.25, 0.3) is 5.56 Å². The number of nitrogens with one attached hydrogen (secondary N) is 1. The summed E-state index contributed by atoms with van der Waals surface area (Å²) in [5, 5.41) is 11.8. The van der Waals surface area contributed by atoms with E-state index in [0.29, 0.717) is 17.9 Å². The van der Waals surface area contributed by atoms with E-state index in [-0.39, 0.29) is 11.5 Å². The van der Waals surface area contributed by atoms with Crippen LogP contribution in [-0.2, 0) is 9.59 Å². The molecule has 1 aromatic heterocycles. The standard InChI is InChI=1S/C16H24N2O4S/c1-10(2)14(18-11(3)6-5-7-13(18)19)15(20)17-12(16(21)22)8-9-23-4/h5-7,10,12,14H,8-9H2,1-4H3,(H,17,20)(H,21,22). The van der Waals surface area contributed by atoms with E-state index >= 15 is 0 Å². The molecule has 0 saturated carbocycles. The van der Waals surface area contributed by atoms with Gasteiger partial charge >= 0.3 is 5.97 Å². The van der Waals surface area contributed by atoms with Crippen LogP contribution < -0.4 is 10.9 Å². The van der Waals surface area contributed by atoms with E-state index < -0.39 is 24.0 Å². The first-order chi connectivity index (χ1) is 10.8. The molecule has 0 saturated heterocycles. The van der Waals surface area contributed by atoms with E-state index in [2.05, 4.69) is 5.32 Å². The Balaban J connectivity index is 3.08. The number of hydrogen-bond donors (Lipinski definition) is 2. The van der Waals surface area contributed by atoms with E-state index in [9.17, 15) is 19.5 Å². The van der Waals surface area contributed by atoms with Crippen LogP contribution in [0, 0.1) is 12.8 Å². The summed E-state index contributed by atoms with van der Waals surface area (Å²) in [5.74, 6) is -1.02. The van der Waals surface area contributed by atoms with Crippen LogP contribution in [0.4, 0.5) is 0 Å². The van der Waals surface area contributed by atoms with E-state index in [1.165, 1.54) is 22.4 Å². The molecule has 1 heterocycles. The minimum Gasteiger partial charge on any atom is -0.480 e. The number of aliphatic carboxylic acids is 1. The zero-order chi connectivity index (χ0) is 17.6. The van der Waals surface area contributed by atoms with Crippen molar-refractivity contribution in [2.24, 2.45) is 5.92 Å². The number of nitrogens with zero attached hydrogens (tertiary/aromatic N) is 1. The molecular formula is C16H24N2O4S. The van der Waals surface area contributed by atoms with E-state index in [1.54, 1.807) is 19.1 Å². The fourth-order valence-electron chi connectivity index (χ4n) is 2.43. The zero-order valence-electron chi connectivity index (χ0n) is 13.9. The van der Waals surface area contributed by atoms with Crippen LogP contribution in [0.5, 0.6) is 0 Å². The van der Waals surface area contributed by atoms with Crippen LogP contribution in [0.1, 0.15) is 32.0 Å². The Hall–Kier alpha value is -1.76. The number of aromatic nitrogens is 1. The highest BCUT2D eigenvalue weighted by Gasteiger charge is 2.29. The lowest BCUT2D eigenvalue weighted by Crippen LogP contribution is -2.47. The highest BCUT2D eigenvalue weighted by Crippen LogP contribution is 2.18. The number of carbonyl (C=O) groups excluding carboxylic acids is 1.